The van der Waals surface area contributed by atoms with E-state index in [1.165, 1.54) is 12.3 Å². The highest BCUT2D eigenvalue weighted by Gasteiger charge is 2.23. The van der Waals surface area contributed by atoms with E-state index in [1.54, 1.807) is 0 Å². The number of hydrogen-bond acceptors (Lipinski definition) is 4. The number of hydrogen-bond donors (Lipinski definition) is 1. The molecule has 0 unspecified atom stereocenters. The van der Waals surface area contributed by atoms with Crippen LogP contribution in [0.1, 0.15) is 25.3 Å². The number of likely N-dealkylation sites (tertiary alicyclic amines) is 1. The standard InChI is InChI=1S/C14H23FN4/c1-3-19-6-4-13(5-7-19)18(2)14-11(9-16)8-12(15)10-17-14/h8,10,13H,3-7,9,16H2,1-2H3. The van der Waals surface area contributed by atoms with Crippen LogP contribution in [0.5, 0.6) is 0 Å². The first-order chi connectivity index (χ1) is 9.15. The lowest BCUT2D eigenvalue weighted by molar-refractivity contribution is 0.220. The van der Waals surface area contributed by atoms with E-state index in [0.29, 0.717) is 12.6 Å². The molecule has 0 bridgehead atoms. The predicted octanol–water partition coefficient (Wildman–Crippen LogP) is 1.60. The zero-order valence-electron chi connectivity index (χ0n) is 11.8. The third-order valence-corrected chi connectivity index (χ3v) is 4.02. The molecule has 0 radical (unpaired) electrons. The van der Waals surface area contributed by atoms with Gasteiger partial charge in [0.05, 0.1) is 6.20 Å². The third kappa shape index (κ3) is 3.22. The molecule has 1 aromatic heterocycles. The lowest BCUT2D eigenvalue weighted by atomic mass is 10.0. The van der Waals surface area contributed by atoms with E-state index in [-0.39, 0.29) is 5.82 Å². The second-order valence-corrected chi connectivity index (χ2v) is 5.12. The number of aromatic nitrogens is 1. The third-order valence-electron chi connectivity index (χ3n) is 4.02. The van der Waals surface area contributed by atoms with E-state index < -0.39 is 0 Å². The van der Waals surface area contributed by atoms with Crippen LogP contribution in [0.25, 0.3) is 0 Å². The van der Waals surface area contributed by atoms with Crippen LogP contribution in [-0.4, -0.2) is 42.6 Å². The molecule has 0 atom stereocenters. The Bertz CT molecular complexity index is 416. The van der Waals surface area contributed by atoms with Crippen LogP contribution in [-0.2, 0) is 6.54 Å². The van der Waals surface area contributed by atoms with Gasteiger partial charge in [-0.15, -0.1) is 0 Å². The fourth-order valence-corrected chi connectivity index (χ4v) is 2.74. The minimum Gasteiger partial charge on any atom is -0.356 e. The average Bonchev–Trinajstić information content (AvgIpc) is 2.46. The molecule has 0 amide bonds. The number of rotatable bonds is 4. The molecular formula is C14H23FN4. The number of nitrogens with zero attached hydrogens (tertiary/aromatic N) is 3. The zero-order chi connectivity index (χ0) is 13.8. The number of piperidine rings is 1. The predicted molar refractivity (Wildman–Crippen MR) is 75.6 cm³/mol. The van der Waals surface area contributed by atoms with E-state index in [4.69, 9.17) is 5.73 Å². The second-order valence-electron chi connectivity index (χ2n) is 5.12. The Kier molecular flexibility index (Phi) is 4.71. The van der Waals surface area contributed by atoms with Crippen LogP contribution < -0.4 is 10.6 Å². The van der Waals surface area contributed by atoms with Gasteiger partial charge in [-0.3, -0.25) is 0 Å². The van der Waals surface area contributed by atoms with Gasteiger partial charge in [-0.25, -0.2) is 9.37 Å². The Hall–Kier alpha value is -1.20. The fraction of sp³-hybridized carbons (Fsp3) is 0.643. The van der Waals surface area contributed by atoms with E-state index in [1.807, 2.05) is 7.05 Å². The first kappa shape index (κ1) is 14.2. The highest BCUT2D eigenvalue weighted by Crippen LogP contribution is 2.23. The average molecular weight is 266 g/mol. The van der Waals surface area contributed by atoms with Gasteiger partial charge in [0.2, 0.25) is 0 Å². The van der Waals surface area contributed by atoms with Crippen LogP contribution in [0.3, 0.4) is 0 Å². The Morgan fingerprint density at radius 2 is 2.16 bits per heavy atom. The Labute approximate surface area is 114 Å². The summed E-state index contributed by atoms with van der Waals surface area (Å²) in [5.41, 5.74) is 6.47. The van der Waals surface area contributed by atoms with Gasteiger partial charge in [-0.2, -0.15) is 0 Å². The SMILES string of the molecule is CCN1CCC(N(C)c2ncc(F)cc2CN)CC1. The maximum absolute atomic E-state index is 13.2. The molecule has 1 aliphatic heterocycles. The van der Waals surface area contributed by atoms with E-state index >= 15 is 0 Å². The highest BCUT2D eigenvalue weighted by molar-refractivity contribution is 5.47. The maximum Gasteiger partial charge on any atom is 0.141 e. The van der Waals surface area contributed by atoms with Crippen molar-refractivity contribution in [1.82, 2.24) is 9.88 Å². The van der Waals surface area contributed by atoms with Crippen molar-refractivity contribution >= 4 is 5.82 Å². The van der Waals surface area contributed by atoms with Crippen LogP contribution in [0.4, 0.5) is 10.2 Å². The molecule has 1 aromatic rings. The highest BCUT2D eigenvalue weighted by atomic mass is 19.1. The molecule has 1 aliphatic rings. The van der Waals surface area contributed by atoms with Crippen molar-refractivity contribution in [2.24, 2.45) is 5.73 Å². The smallest absolute Gasteiger partial charge is 0.141 e. The molecule has 0 saturated carbocycles. The summed E-state index contributed by atoms with van der Waals surface area (Å²) in [6.07, 6.45) is 3.51. The van der Waals surface area contributed by atoms with Crippen molar-refractivity contribution in [3.8, 4) is 0 Å². The summed E-state index contributed by atoms with van der Waals surface area (Å²) < 4.78 is 13.2. The molecule has 4 nitrogen and oxygen atoms in total. The number of nitrogens with two attached hydrogens (primary N) is 1. The quantitative estimate of drug-likeness (QED) is 0.899. The lowest BCUT2D eigenvalue weighted by Gasteiger charge is -2.37. The molecule has 1 saturated heterocycles. The van der Waals surface area contributed by atoms with Gasteiger partial charge in [0.15, 0.2) is 0 Å². The number of halogens is 1. The first-order valence-electron chi connectivity index (χ1n) is 6.95. The minimum absolute atomic E-state index is 0.318. The molecule has 0 aliphatic carbocycles. The summed E-state index contributed by atoms with van der Waals surface area (Å²) in [4.78, 5) is 8.83. The Balaban J connectivity index is 2.09. The summed E-state index contributed by atoms with van der Waals surface area (Å²) in [7, 11) is 2.03. The van der Waals surface area contributed by atoms with Crippen LogP contribution >= 0.6 is 0 Å². The summed E-state index contributed by atoms with van der Waals surface area (Å²) >= 11 is 0. The number of anilines is 1. The van der Waals surface area contributed by atoms with Crippen LogP contribution in [0.2, 0.25) is 0 Å². The molecule has 1 fully saturated rings. The fourth-order valence-electron chi connectivity index (χ4n) is 2.74. The maximum atomic E-state index is 13.2. The zero-order valence-corrected chi connectivity index (χ0v) is 11.8. The number of pyridine rings is 1. The van der Waals surface area contributed by atoms with Gasteiger partial charge in [-0.05, 0) is 25.5 Å². The van der Waals surface area contributed by atoms with Crippen molar-refractivity contribution in [1.29, 1.82) is 0 Å². The largest absolute Gasteiger partial charge is 0.356 e. The van der Waals surface area contributed by atoms with E-state index in [0.717, 1.165) is 43.9 Å². The summed E-state index contributed by atoms with van der Waals surface area (Å²) in [6.45, 7) is 5.85. The van der Waals surface area contributed by atoms with Crippen molar-refractivity contribution in [3.05, 3.63) is 23.6 Å². The van der Waals surface area contributed by atoms with Crippen molar-refractivity contribution in [2.45, 2.75) is 32.4 Å². The Morgan fingerprint density at radius 3 is 2.74 bits per heavy atom. The molecule has 19 heavy (non-hydrogen) atoms. The summed E-state index contributed by atoms with van der Waals surface area (Å²) in [6, 6.07) is 1.95. The van der Waals surface area contributed by atoms with Crippen molar-refractivity contribution in [3.63, 3.8) is 0 Å². The summed E-state index contributed by atoms with van der Waals surface area (Å²) in [5, 5.41) is 0. The second kappa shape index (κ2) is 6.30. The van der Waals surface area contributed by atoms with Crippen molar-refractivity contribution < 1.29 is 4.39 Å². The molecule has 5 heteroatoms. The van der Waals surface area contributed by atoms with E-state index in [9.17, 15) is 4.39 Å². The molecule has 2 N–H and O–H groups in total. The van der Waals surface area contributed by atoms with Gasteiger partial charge < -0.3 is 15.5 Å². The van der Waals surface area contributed by atoms with Gasteiger partial charge in [0.1, 0.15) is 11.6 Å². The first-order valence-corrected chi connectivity index (χ1v) is 6.95. The van der Waals surface area contributed by atoms with E-state index in [2.05, 4.69) is 21.7 Å². The normalized spacial score (nSPS) is 17.7. The minimum atomic E-state index is -0.321. The van der Waals surface area contributed by atoms with Gasteiger partial charge >= 0.3 is 0 Å². The lowest BCUT2D eigenvalue weighted by Crippen LogP contribution is -2.44. The molecule has 106 valence electrons. The van der Waals surface area contributed by atoms with Gasteiger partial charge in [0, 0.05) is 38.3 Å². The molecule has 0 spiro atoms. The van der Waals surface area contributed by atoms with Gasteiger partial charge in [-0.1, -0.05) is 6.92 Å². The van der Waals surface area contributed by atoms with Crippen molar-refractivity contribution in [2.75, 3.05) is 31.6 Å². The summed E-state index contributed by atoms with van der Waals surface area (Å²) in [5.74, 6) is 0.497. The molecule has 2 rings (SSSR count). The van der Waals surface area contributed by atoms with Crippen LogP contribution in [0, 0.1) is 5.82 Å². The Morgan fingerprint density at radius 1 is 1.47 bits per heavy atom. The van der Waals surface area contributed by atoms with Crippen LogP contribution in [0.15, 0.2) is 12.3 Å². The molecular weight excluding hydrogens is 243 g/mol. The molecule has 0 aromatic carbocycles. The monoisotopic (exact) mass is 266 g/mol. The molecule has 2 heterocycles. The topological polar surface area (TPSA) is 45.4 Å². The van der Waals surface area contributed by atoms with Gasteiger partial charge in [0.25, 0.3) is 0 Å².